The van der Waals surface area contributed by atoms with Crippen LogP contribution in [0.25, 0.3) is 0 Å². The number of ether oxygens (including phenoxy) is 1. The van der Waals surface area contributed by atoms with Crippen molar-refractivity contribution in [1.82, 2.24) is 4.90 Å². The first-order chi connectivity index (χ1) is 9.72. The van der Waals surface area contributed by atoms with E-state index in [4.69, 9.17) is 4.74 Å². The third-order valence-electron chi connectivity index (χ3n) is 4.45. The monoisotopic (exact) mass is 273 g/mol. The van der Waals surface area contributed by atoms with E-state index in [0.717, 1.165) is 37.0 Å². The molecule has 3 rings (SSSR count). The topological polar surface area (TPSA) is 46.6 Å². The van der Waals surface area contributed by atoms with Gasteiger partial charge in [-0.1, -0.05) is 31.0 Å². The standard InChI is InChI=1S/C16H19NO3/c1-20-14-9-5-2-6-11(14)10-17-15(18)12-7-3-4-8-13(12)16(17)19/h2,5-6,9,12-13H,3-4,7-8,10H2,1H3. The molecular formula is C16H19NO3. The van der Waals surface area contributed by atoms with Gasteiger partial charge in [0.2, 0.25) is 11.8 Å². The fraction of sp³-hybridized carbons (Fsp3) is 0.500. The number of nitrogens with zero attached hydrogens (tertiary/aromatic N) is 1. The Morgan fingerprint density at radius 3 is 2.30 bits per heavy atom. The lowest BCUT2D eigenvalue weighted by Gasteiger charge is -2.19. The number of amides is 2. The molecule has 1 heterocycles. The number of para-hydroxylation sites is 1. The molecule has 2 amide bonds. The molecule has 0 N–H and O–H groups in total. The van der Waals surface area contributed by atoms with Gasteiger partial charge in [0, 0.05) is 5.56 Å². The van der Waals surface area contributed by atoms with Gasteiger partial charge in [-0.15, -0.1) is 0 Å². The number of carbonyl (C=O) groups is 2. The molecule has 0 radical (unpaired) electrons. The molecule has 1 aliphatic carbocycles. The highest BCUT2D eigenvalue weighted by Gasteiger charge is 2.47. The smallest absolute Gasteiger partial charge is 0.233 e. The molecule has 2 atom stereocenters. The van der Waals surface area contributed by atoms with Gasteiger partial charge in [-0.05, 0) is 18.9 Å². The van der Waals surface area contributed by atoms with Crippen LogP contribution in [0.3, 0.4) is 0 Å². The molecule has 1 aliphatic heterocycles. The zero-order valence-corrected chi connectivity index (χ0v) is 11.7. The summed E-state index contributed by atoms with van der Waals surface area (Å²) in [5.41, 5.74) is 0.885. The van der Waals surface area contributed by atoms with Gasteiger partial charge in [-0.25, -0.2) is 0 Å². The Kier molecular flexibility index (Phi) is 3.47. The van der Waals surface area contributed by atoms with Crippen LogP contribution in [0.2, 0.25) is 0 Å². The fourth-order valence-electron chi connectivity index (χ4n) is 3.39. The summed E-state index contributed by atoms with van der Waals surface area (Å²) in [6, 6.07) is 7.54. The predicted molar refractivity (Wildman–Crippen MR) is 74.0 cm³/mol. The van der Waals surface area contributed by atoms with Crippen LogP contribution in [0.1, 0.15) is 31.2 Å². The summed E-state index contributed by atoms with van der Waals surface area (Å²) >= 11 is 0. The van der Waals surface area contributed by atoms with Crippen molar-refractivity contribution in [3.8, 4) is 5.75 Å². The third kappa shape index (κ3) is 2.09. The van der Waals surface area contributed by atoms with E-state index in [2.05, 4.69) is 0 Å². The summed E-state index contributed by atoms with van der Waals surface area (Å²) in [4.78, 5) is 26.3. The zero-order valence-electron chi connectivity index (χ0n) is 11.7. The average molecular weight is 273 g/mol. The van der Waals surface area contributed by atoms with Crippen LogP contribution in [0.15, 0.2) is 24.3 Å². The summed E-state index contributed by atoms with van der Waals surface area (Å²) in [6.07, 6.45) is 3.83. The second kappa shape index (κ2) is 5.27. The molecule has 4 heteroatoms. The summed E-state index contributed by atoms with van der Waals surface area (Å²) in [5, 5.41) is 0. The number of carbonyl (C=O) groups excluding carboxylic acids is 2. The van der Waals surface area contributed by atoms with Crippen molar-refractivity contribution in [1.29, 1.82) is 0 Å². The highest BCUT2D eigenvalue weighted by atomic mass is 16.5. The Balaban J connectivity index is 1.83. The molecule has 1 saturated heterocycles. The summed E-state index contributed by atoms with van der Waals surface area (Å²) in [6.45, 7) is 0.328. The lowest BCUT2D eigenvalue weighted by atomic mass is 9.81. The minimum Gasteiger partial charge on any atom is -0.496 e. The molecule has 2 unspecified atom stereocenters. The lowest BCUT2D eigenvalue weighted by molar-refractivity contribution is -0.140. The van der Waals surface area contributed by atoms with Crippen LogP contribution in [-0.2, 0) is 16.1 Å². The van der Waals surface area contributed by atoms with E-state index in [0.29, 0.717) is 6.54 Å². The Morgan fingerprint density at radius 1 is 1.10 bits per heavy atom. The van der Waals surface area contributed by atoms with Crippen LogP contribution in [0.5, 0.6) is 5.75 Å². The van der Waals surface area contributed by atoms with E-state index in [1.807, 2.05) is 24.3 Å². The Morgan fingerprint density at radius 2 is 1.70 bits per heavy atom. The third-order valence-corrected chi connectivity index (χ3v) is 4.45. The van der Waals surface area contributed by atoms with E-state index in [1.54, 1.807) is 7.11 Å². The second-order valence-electron chi connectivity index (χ2n) is 5.57. The molecule has 0 spiro atoms. The van der Waals surface area contributed by atoms with Gasteiger partial charge in [-0.2, -0.15) is 0 Å². The molecule has 2 aliphatic rings. The maximum Gasteiger partial charge on any atom is 0.233 e. The molecule has 1 aromatic rings. The van der Waals surface area contributed by atoms with E-state index < -0.39 is 0 Å². The number of fused-ring (bicyclic) bond motifs is 1. The van der Waals surface area contributed by atoms with Crippen molar-refractivity contribution in [2.24, 2.45) is 11.8 Å². The minimum absolute atomic E-state index is 0.00519. The molecule has 0 aromatic heterocycles. The molecule has 106 valence electrons. The molecular weight excluding hydrogens is 254 g/mol. The van der Waals surface area contributed by atoms with Crippen molar-refractivity contribution in [2.75, 3.05) is 7.11 Å². The van der Waals surface area contributed by atoms with Crippen molar-refractivity contribution in [3.05, 3.63) is 29.8 Å². The maximum atomic E-state index is 12.4. The molecule has 1 aromatic carbocycles. The van der Waals surface area contributed by atoms with Crippen LogP contribution in [0.4, 0.5) is 0 Å². The van der Waals surface area contributed by atoms with Crippen LogP contribution in [-0.4, -0.2) is 23.8 Å². The maximum absolute atomic E-state index is 12.4. The van der Waals surface area contributed by atoms with Crippen molar-refractivity contribution >= 4 is 11.8 Å². The van der Waals surface area contributed by atoms with Gasteiger partial charge < -0.3 is 4.74 Å². The number of benzene rings is 1. The van der Waals surface area contributed by atoms with Gasteiger partial charge in [0.05, 0.1) is 25.5 Å². The summed E-state index contributed by atoms with van der Waals surface area (Å²) in [7, 11) is 1.60. The second-order valence-corrected chi connectivity index (χ2v) is 5.57. The van der Waals surface area contributed by atoms with Gasteiger partial charge in [-0.3, -0.25) is 14.5 Å². The first kappa shape index (κ1) is 13.2. The fourth-order valence-corrected chi connectivity index (χ4v) is 3.39. The van der Waals surface area contributed by atoms with Gasteiger partial charge >= 0.3 is 0 Å². The number of likely N-dealkylation sites (tertiary alicyclic amines) is 1. The number of hydrogen-bond donors (Lipinski definition) is 0. The van der Waals surface area contributed by atoms with Gasteiger partial charge in [0.1, 0.15) is 5.75 Å². The zero-order chi connectivity index (χ0) is 14.1. The van der Waals surface area contributed by atoms with Gasteiger partial charge in [0.15, 0.2) is 0 Å². The molecule has 20 heavy (non-hydrogen) atoms. The Hall–Kier alpha value is -1.84. The first-order valence-electron chi connectivity index (χ1n) is 7.19. The van der Waals surface area contributed by atoms with Crippen LogP contribution in [0, 0.1) is 11.8 Å². The van der Waals surface area contributed by atoms with E-state index >= 15 is 0 Å². The number of rotatable bonds is 3. The summed E-state index contributed by atoms with van der Waals surface area (Å²) in [5.74, 6) is 0.580. The van der Waals surface area contributed by atoms with Crippen LogP contribution >= 0.6 is 0 Å². The van der Waals surface area contributed by atoms with Crippen molar-refractivity contribution in [3.63, 3.8) is 0 Å². The molecule has 1 saturated carbocycles. The Labute approximate surface area is 118 Å². The molecule has 4 nitrogen and oxygen atoms in total. The molecule has 0 bridgehead atoms. The average Bonchev–Trinajstić information content (AvgIpc) is 2.73. The van der Waals surface area contributed by atoms with E-state index in [9.17, 15) is 9.59 Å². The van der Waals surface area contributed by atoms with E-state index in [-0.39, 0.29) is 23.7 Å². The van der Waals surface area contributed by atoms with Crippen molar-refractivity contribution in [2.45, 2.75) is 32.2 Å². The SMILES string of the molecule is COc1ccccc1CN1C(=O)C2CCCCC2C1=O. The van der Waals surface area contributed by atoms with Crippen molar-refractivity contribution < 1.29 is 14.3 Å². The van der Waals surface area contributed by atoms with E-state index in [1.165, 1.54) is 4.90 Å². The highest BCUT2D eigenvalue weighted by molar-refractivity contribution is 6.05. The largest absolute Gasteiger partial charge is 0.496 e. The number of hydrogen-bond acceptors (Lipinski definition) is 3. The lowest BCUT2D eigenvalue weighted by Crippen LogP contribution is -2.30. The highest BCUT2D eigenvalue weighted by Crippen LogP contribution is 2.39. The molecule has 2 fully saturated rings. The first-order valence-corrected chi connectivity index (χ1v) is 7.19. The van der Waals surface area contributed by atoms with Crippen LogP contribution < -0.4 is 4.74 Å². The minimum atomic E-state index is -0.0778. The number of imide groups is 1. The predicted octanol–water partition coefficient (Wildman–Crippen LogP) is 2.37. The summed E-state index contributed by atoms with van der Waals surface area (Å²) < 4.78 is 5.30. The number of methoxy groups -OCH3 is 1. The quantitative estimate of drug-likeness (QED) is 0.794. The normalized spacial score (nSPS) is 25.8. The van der Waals surface area contributed by atoms with Gasteiger partial charge in [0.25, 0.3) is 0 Å². The Bertz CT molecular complexity index is 516.